The van der Waals surface area contributed by atoms with Crippen molar-refractivity contribution in [3.63, 3.8) is 0 Å². The zero-order valence-electron chi connectivity index (χ0n) is 10.5. The molecular formula is C13H11NO5S. The minimum absolute atomic E-state index is 0.0103. The second-order valence-corrected chi connectivity index (χ2v) is 5.61. The predicted molar refractivity (Wildman–Crippen MR) is 70.2 cm³/mol. The van der Waals surface area contributed by atoms with E-state index < -0.39 is 16.1 Å². The molecule has 1 heterocycles. The molecule has 2 rings (SSSR count). The molecule has 0 radical (unpaired) electrons. The summed E-state index contributed by atoms with van der Waals surface area (Å²) in [4.78, 5) is 14.4. The maximum absolute atomic E-state index is 12.0. The van der Waals surface area contributed by atoms with Crippen LogP contribution >= 0.6 is 0 Å². The van der Waals surface area contributed by atoms with E-state index in [0.29, 0.717) is 0 Å². The van der Waals surface area contributed by atoms with Gasteiger partial charge in [-0.25, -0.2) is 4.79 Å². The normalized spacial score (nSPS) is 11.1. The Bertz CT molecular complexity index is 738. The SMILES string of the molecule is Cc1ccc(S(=O)(=O)Oc2cncc(C(=O)O)c2)cc1. The molecule has 1 aromatic carbocycles. The average Bonchev–Trinajstić information content (AvgIpc) is 2.39. The summed E-state index contributed by atoms with van der Waals surface area (Å²) < 4.78 is 28.9. The molecule has 0 saturated carbocycles. The van der Waals surface area contributed by atoms with Gasteiger partial charge in [0, 0.05) is 6.20 Å². The van der Waals surface area contributed by atoms with E-state index in [1.807, 2.05) is 6.92 Å². The highest BCUT2D eigenvalue weighted by Crippen LogP contribution is 2.19. The van der Waals surface area contributed by atoms with Gasteiger partial charge in [0.1, 0.15) is 4.90 Å². The van der Waals surface area contributed by atoms with Gasteiger partial charge in [0.25, 0.3) is 0 Å². The Kier molecular flexibility index (Phi) is 3.71. The average molecular weight is 293 g/mol. The van der Waals surface area contributed by atoms with Crippen molar-refractivity contribution in [2.24, 2.45) is 0 Å². The van der Waals surface area contributed by atoms with Gasteiger partial charge in [0.2, 0.25) is 0 Å². The molecule has 1 N–H and O–H groups in total. The van der Waals surface area contributed by atoms with Crippen LogP contribution in [0.25, 0.3) is 0 Å². The van der Waals surface area contributed by atoms with Crippen molar-refractivity contribution in [1.82, 2.24) is 4.98 Å². The minimum Gasteiger partial charge on any atom is -0.478 e. The molecule has 0 aliphatic rings. The van der Waals surface area contributed by atoms with Crippen molar-refractivity contribution in [3.05, 3.63) is 53.9 Å². The lowest BCUT2D eigenvalue weighted by atomic mass is 10.2. The van der Waals surface area contributed by atoms with E-state index in [1.54, 1.807) is 12.1 Å². The number of hydrogen-bond donors (Lipinski definition) is 1. The van der Waals surface area contributed by atoms with Gasteiger partial charge >= 0.3 is 16.1 Å². The van der Waals surface area contributed by atoms with Gasteiger partial charge in [-0.2, -0.15) is 8.42 Å². The Morgan fingerprint density at radius 2 is 1.85 bits per heavy atom. The van der Waals surface area contributed by atoms with E-state index >= 15 is 0 Å². The van der Waals surface area contributed by atoms with Crippen molar-refractivity contribution >= 4 is 16.1 Å². The fourth-order valence-electron chi connectivity index (χ4n) is 1.46. The molecule has 0 aliphatic carbocycles. The molecule has 0 atom stereocenters. The largest absolute Gasteiger partial charge is 0.478 e. The zero-order valence-corrected chi connectivity index (χ0v) is 11.3. The molecule has 0 aliphatic heterocycles. The first-order valence-electron chi connectivity index (χ1n) is 5.58. The Morgan fingerprint density at radius 3 is 2.45 bits per heavy atom. The molecule has 0 saturated heterocycles. The van der Waals surface area contributed by atoms with Crippen molar-refractivity contribution < 1.29 is 22.5 Å². The van der Waals surface area contributed by atoms with E-state index in [-0.39, 0.29) is 16.2 Å². The number of aromatic nitrogens is 1. The topological polar surface area (TPSA) is 93.6 Å². The van der Waals surface area contributed by atoms with Crippen LogP contribution in [0.2, 0.25) is 0 Å². The van der Waals surface area contributed by atoms with E-state index in [0.717, 1.165) is 24.0 Å². The van der Waals surface area contributed by atoms with E-state index in [4.69, 9.17) is 9.29 Å². The smallest absolute Gasteiger partial charge is 0.339 e. The number of aryl methyl sites for hydroxylation is 1. The van der Waals surface area contributed by atoms with Gasteiger partial charge in [0.15, 0.2) is 5.75 Å². The summed E-state index contributed by atoms with van der Waals surface area (Å²) in [6.45, 7) is 1.83. The molecule has 0 fully saturated rings. The molecule has 20 heavy (non-hydrogen) atoms. The summed E-state index contributed by atoms with van der Waals surface area (Å²) in [5, 5.41) is 8.81. The third-order valence-electron chi connectivity index (χ3n) is 2.48. The standard InChI is InChI=1S/C13H11NO5S/c1-9-2-4-12(5-3-9)20(17,18)19-11-6-10(13(15)16)7-14-8-11/h2-8H,1H3,(H,15,16). The quantitative estimate of drug-likeness (QED) is 0.865. The first-order valence-corrected chi connectivity index (χ1v) is 6.99. The Labute approximate surface area is 115 Å². The Morgan fingerprint density at radius 1 is 1.20 bits per heavy atom. The lowest BCUT2D eigenvalue weighted by Crippen LogP contribution is -2.10. The maximum Gasteiger partial charge on any atom is 0.339 e. The first-order chi connectivity index (χ1) is 9.38. The molecule has 2 aromatic rings. The number of carboxylic acids is 1. The summed E-state index contributed by atoms with van der Waals surface area (Å²) in [6.07, 6.45) is 2.24. The van der Waals surface area contributed by atoms with E-state index in [2.05, 4.69) is 4.98 Å². The third-order valence-corrected chi connectivity index (χ3v) is 3.74. The van der Waals surface area contributed by atoms with Crippen LogP contribution < -0.4 is 4.18 Å². The lowest BCUT2D eigenvalue weighted by Gasteiger charge is -2.07. The Hall–Kier alpha value is -2.41. The van der Waals surface area contributed by atoms with Crippen LogP contribution in [-0.2, 0) is 10.1 Å². The zero-order chi connectivity index (χ0) is 14.8. The monoisotopic (exact) mass is 293 g/mol. The van der Waals surface area contributed by atoms with Crippen molar-refractivity contribution in [2.75, 3.05) is 0 Å². The summed E-state index contributed by atoms with van der Waals surface area (Å²) in [5.41, 5.74) is 0.764. The number of carbonyl (C=O) groups is 1. The van der Waals surface area contributed by atoms with Crippen LogP contribution in [0.3, 0.4) is 0 Å². The highest BCUT2D eigenvalue weighted by molar-refractivity contribution is 7.87. The van der Waals surface area contributed by atoms with Crippen LogP contribution in [0.5, 0.6) is 5.75 Å². The van der Waals surface area contributed by atoms with Crippen LogP contribution in [0.15, 0.2) is 47.6 Å². The first kappa shape index (κ1) is 14.0. The highest BCUT2D eigenvalue weighted by Gasteiger charge is 2.17. The molecule has 0 unspecified atom stereocenters. The summed E-state index contributed by atoms with van der Waals surface area (Å²) in [7, 11) is -4.01. The van der Waals surface area contributed by atoms with Gasteiger partial charge in [-0.3, -0.25) is 4.98 Å². The van der Waals surface area contributed by atoms with Crippen molar-refractivity contribution in [2.45, 2.75) is 11.8 Å². The molecule has 104 valence electrons. The van der Waals surface area contributed by atoms with Crippen LogP contribution in [0.4, 0.5) is 0 Å². The molecule has 0 bridgehead atoms. The number of rotatable bonds is 4. The van der Waals surface area contributed by atoms with Crippen LogP contribution in [0.1, 0.15) is 15.9 Å². The fraction of sp³-hybridized carbons (Fsp3) is 0.0769. The number of aromatic carboxylic acids is 1. The lowest BCUT2D eigenvalue weighted by molar-refractivity contribution is 0.0696. The number of pyridine rings is 1. The van der Waals surface area contributed by atoms with Crippen molar-refractivity contribution in [1.29, 1.82) is 0 Å². The second kappa shape index (κ2) is 5.30. The van der Waals surface area contributed by atoms with Crippen LogP contribution in [-0.4, -0.2) is 24.5 Å². The highest BCUT2D eigenvalue weighted by atomic mass is 32.2. The minimum atomic E-state index is -4.01. The summed E-state index contributed by atoms with van der Waals surface area (Å²) >= 11 is 0. The number of benzene rings is 1. The fourth-order valence-corrected chi connectivity index (χ4v) is 2.37. The molecule has 7 heteroatoms. The van der Waals surface area contributed by atoms with Crippen LogP contribution in [0, 0.1) is 6.92 Å². The molecular weight excluding hydrogens is 282 g/mol. The van der Waals surface area contributed by atoms with Gasteiger partial charge in [-0.1, -0.05) is 17.7 Å². The van der Waals surface area contributed by atoms with Gasteiger partial charge in [0.05, 0.1) is 11.8 Å². The van der Waals surface area contributed by atoms with Gasteiger partial charge < -0.3 is 9.29 Å². The molecule has 0 spiro atoms. The van der Waals surface area contributed by atoms with Gasteiger partial charge in [-0.05, 0) is 25.1 Å². The summed E-state index contributed by atoms with van der Waals surface area (Å²) in [6, 6.07) is 7.21. The third kappa shape index (κ3) is 3.12. The predicted octanol–water partition coefficient (Wildman–Crippen LogP) is 1.86. The molecule has 6 nitrogen and oxygen atoms in total. The summed E-state index contributed by atoms with van der Waals surface area (Å²) in [5.74, 6) is -1.36. The number of carboxylic acid groups (broad SMARTS) is 1. The molecule has 0 amide bonds. The van der Waals surface area contributed by atoms with E-state index in [1.165, 1.54) is 12.1 Å². The number of nitrogens with zero attached hydrogens (tertiary/aromatic N) is 1. The Balaban J connectivity index is 2.31. The van der Waals surface area contributed by atoms with E-state index in [9.17, 15) is 13.2 Å². The van der Waals surface area contributed by atoms with Crippen molar-refractivity contribution in [3.8, 4) is 5.75 Å². The van der Waals surface area contributed by atoms with Gasteiger partial charge in [-0.15, -0.1) is 0 Å². The number of hydrogen-bond acceptors (Lipinski definition) is 5. The maximum atomic E-state index is 12.0. The second-order valence-electron chi connectivity index (χ2n) is 4.06. The molecule has 1 aromatic heterocycles.